The fraction of sp³-hybridized carbons (Fsp3) is 0.435. The van der Waals surface area contributed by atoms with Crippen molar-refractivity contribution in [3.8, 4) is 16.9 Å². The summed E-state index contributed by atoms with van der Waals surface area (Å²) < 4.78 is 0. The largest absolute Gasteiger partial charge is 0.506 e. The molecule has 1 saturated carbocycles. The molecule has 3 rings (SSSR count). The van der Waals surface area contributed by atoms with E-state index >= 15 is 0 Å². The number of aromatic hydroxyl groups is 1. The fourth-order valence-electron chi connectivity index (χ4n) is 3.61. The molecule has 27 heavy (non-hydrogen) atoms. The highest BCUT2D eigenvalue weighted by atomic mass is 16.3. The molecule has 0 spiro atoms. The van der Waals surface area contributed by atoms with Gasteiger partial charge >= 0.3 is 0 Å². The number of anilines is 1. The van der Waals surface area contributed by atoms with Gasteiger partial charge in [0.15, 0.2) is 5.96 Å². The molecule has 2 aromatic carbocycles. The van der Waals surface area contributed by atoms with Gasteiger partial charge in [0, 0.05) is 6.04 Å². The molecule has 4 heteroatoms. The van der Waals surface area contributed by atoms with Crippen LogP contribution in [-0.4, -0.2) is 23.1 Å². The van der Waals surface area contributed by atoms with Crippen LogP contribution in [0.4, 0.5) is 5.69 Å². The second kappa shape index (κ2) is 8.94. The van der Waals surface area contributed by atoms with Crippen LogP contribution in [0.3, 0.4) is 0 Å². The van der Waals surface area contributed by atoms with Crippen molar-refractivity contribution >= 4 is 11.6 Å². The molecule has 4 nitrogen and oxygen atoms in total. The van der Waals surface area contributed by atoms with Crippen LogP contribution in [0, 0.1) is 5.92 Å². The highest BCUT2D eigenvalue weighted by molar-refractivity contribution is 5.96. The number of phenols is 1. The third-order valence-corrected chi connectivity index (χ3v) is 5.14. The van der Waals surface area contributed by atoms with Crippen LogP contribution < -0.4 is 10.6 Å². The topological polar surface area (TPSA) is 56.7 Å². The lowest BCUT2D eigenvalue weighted by molar-refractivity contribution is 0.332. The van der Waals surface area contributed by atoms with Crippen LogP contribution in [-0.2, 0) is 0 Å². The number of nitrogens with zero attached hydrogens (tertiary/aromatic N) is 1. The Morgan fingerprint density at radius 3 is 2.48 bits per heavy atom. The standard InChI is InChI=1S/C23H31N3O/c1-16(2)24-23(25-20-12-8-7-9-17(20)3)26-21-15-19(13-14-22(21)27)18-10-5-4-6-11-18/h4-6,10-11,13-17,20,27H,7-9,12H2,1-3H3,(H2,24,25,26). The molecule has 0 bridgehead atoms. The van der Waals surface area contributed by atoms with Gasteiger partial charge in [0.25, 0.3) is 0 Å². The van der Waals surface area contributed by atoms with E-state index in [-0.39, 0.29) is 11.8 Å². The van der Waals surface area contributed by atoms with Gasteiger partial charge in [0.05, 0.1) is 11.7 Å². The molecule has 0 aliphatic heterocycles. The first-order valence-corrected chi connectivity index (χ1v) is 10.0. The molecule has 3 N–H and O–H groups in total. The highest BCUT2D eigenvalue weighted by Gasteiger charge is 2.21. The molecule has 1 fully saturated rings. The first-order valence-electron chi connectivity index (χ1n) is 10.0. The SMILES string of the molecule is CC(C)NC(=NC1CCCCC1C)Nc1cc(-c2ccccc2)ccc1O. The maximum absolute atomic E-state index is 10.4. The smallest absolute Gasteiger partial charge is 0.196 e. The number of benzene rings is 2. The van der Waals surface area contributed by atoms with Crippen molar-refractivity contribution in [2.75, 3.05) is 5.32 Å². The molecule has 0 amide bonds. The quantitative estimate of drug-likeness (QED) is 0.386. The summed E-state index contributed by atoms with van der Waals surface area (Å²) in [5.74, 6) is 1.56. The number of guanidine groups is 1. The Balaban J connectivity index is 1.86. The molecule has 0 radical (unpaired) electrons. The zero-order valence-electron chi connectivity index (χ0n) is 16.6. The Bertz CT molecular complexity index is 770. The molecular weight excluding hydrogens is 334 g/mol. The van der Waals surface area contributed by atoms with E-state index in [0.717, 1.165) is 23.5 Å². The fourth-order valence-corrected chi connectivity index (χ4v) is 3.61. The molecule has 2 aromatic rings. The van der Waals surface area contributed by atoms with Crippen LogP contribution in [0.25, 0.3) is 11.1 Å². The number of hydrogen-bond donors (Lipinski definition) is 3. The molecule has 1 aliphatic rings. The number of rotatable bonds is 4. The van der Waals surface area contributed by atoms with Gasteiger partial charge in [-0.15, -0.1) is 0 Å². The summed E-state index contributed by atoms with van der Waals surface area (Å²) in [7, 11) is 0. The van der Waals surface area contributed by atoms with Crippen molar-refractivity contribution in [3.05, 3.63) is 48.5 Å². The summed E-state index contributed by atoms with van der Waals surface area (Å²) in [4.78, 5) is 4.98. The van der Waals surface area contributed by atoms with Crippen LogP contribution >= 0.6 is 0 Å². The Hall–Kier alpha value is -2.49. The number of aliphatic imine (C=N–C) groups is 1. The summed E-state index contributed by atoms with van der Waals surface area (Å²) in [6.45, 7) is 6.48. The van der Waals surface area contributed by atoms with Gasteiger partial charge in [-0.3, -0.25) is 0 Å². The molecule has 2 atom stereocenters. The van der Waals surface area contributed by atoms with Gasteiger partial charge in [-0.1, -0.05) is 56.2 Å². The Morgan fingerprint density at radius 2 is 1.78 bits per heavy atom. The molecule has 1 aliphatic carbocycles. The molecule has 0 heterocycles. The average Bonchev–Trinajstić information content (AvgIpc) is 2.65. The Labute approximate surface area is 162 Å². The van der Waals surface area contributed by atoms with E-state index in [1.807, 2.05) is 30.3 Å². The van der Waals surface area contributed by atoms with E-state index in [1.54, 1.807) is 6.07 Å². The lowest BCUT2D eigenvalue weighted by Gasteiger charge is -2.27. The second-order valence-corrected chi connectivity index (χ2v) is 7.83. The summed E-state index contributed by atoms with van der Waals surface area (Å²) in [5, 5.41) is 17.1. The van der Waals surface area contributed by atoms with E-state index < -0.39 is 0 Å². The van der Waals surface area contributed by atoms with Gasteiger partial charge in [-0.2, -0.15) is 0 Å². The van der Waals surface area contributed by atoms with E-state index in [2.05, 4.69) is 43.5 Å². The summed E-state index contributed by atoms with van der Waals surface area (Å²) in [6.07, 6.45) is 4.90. The molecule has 2 unspecified atom stereocenters. The van der Waals surface area contributed by atoms with Crippen molar-refractivity contribution < 1.29 is 5.11 Å². The van der Waals surface area contributed by atoms with Crippen molar-refractivity contribution in [1.29, 1.82) is 0 Å². The lowest BCUT2D eigenvalue weighted by Crippen LogP contribution is -2.38. The van der Waals surface area contributed by atoms with Crippen molar-refractivity contribution in [2.45, 2.75) is 58.5 Å². The predicted octanol–water partition coefficient (Wildman–Crippen LogP) is 5.40. The Morgan fingerprint density at radius 1 is 1.04 bits per heavy atom. The highest BCUT2D eigenvalue weighted by Crippen LogP contribution is 2.30. The van der Waals surface area contributed by atoms with Crippen molar-refractivity contribution in [3.63, 3.8) is 0 Å². The summed E-state index contributed by atoms with van der Waals surface area (Å²) in [6, 6.07) is 16.4. The van der Waals surface area contributed by atoms with Gasteiger partial charge in [-0.05, 0) is 55.9 Å². The van der Waals surface area contributed by atoms with E-state index in [1.165, 1.54) is 19.3 Å². The van der Waals surface area contributed by atoms with E-state index in [0.29, 0.717) is 17.6 Å². The monoisotopic (exact) mass is 365 g/mol. The lowest BCUT2D eigenvalue weighted by atomic mass is 9.86. The van der Waals surface area contributed by atoms with E-state index in [9.17, 15) is 5.11 Å². The first-order chi connectivity index (χ1) is 13.0. The van der Waals surface area contributed by atoms with Gasteiger partial charge in [0.1, 0.15) is 5.75 Å². The minimum atomic E-state index is 0.227. The van der Waals surface area contributed by atoms with Gasteiger partial charge < -0.3 is 15.7 Å². The zero-order chi connectivity index (χ0) is 19.2. The van der Waals surface area contributed by atoms with Crippen molar-refractivity contribution in [1.82, 2.24) is 5.32 Å². The maximum atomic E-state index is 10.4. The van der Waals surface area contributed by atoms with Crippen LogP contribution in [0.2, 0.25) is 0 Å². The van der Waals surface area contributed by atoms with Crippen LogP contribution in [0.1, 0.15) is 46.5 Å². The number of phenolic OH excluding ortho intramolecular Hbond substituents is 1. The minimum Gasteiger partial charge on any atom is -0.506 e. The zero-order valence-corrected chi connectivity index (χ0v) is 16.6. The molecule has 144 valence electrons. The average molecular weight is 366 g/mol. The number of hydrogen-bond acceptors (Lipinski definition) is 2. The van der Waals surface area contributed by atoms with Crippen LogP contribution in [0.5, 0.6) is 5.75 Å². The van der Waals surface area contributed by atoms with E-state index in [4.69, 9.17) is 4.99 Å². The Kier molecular flexibility index (Phi) is 6.38. The third-order valence-electron chi connectivity index (χ3n) is 5.14. The summed E-state index contributed by atoms with van der Waals surface area (Å²) in [5.41, 5.74) is 2.86. The molecular formula is C23H31N3O. The maximum Gasteiger partial charge on any atom is 0.196 e. The number of nitrogens with one attached hydrogen (secondary N) is 2. The van der Waals surface area contributed by atoms with Crippen molar-refractivity contribution in [2.24, 2.45) is 10.9 Å². The van der Waals surface area contributed by atoms with Crippen LogP contribution in [0.15, 0.2) is 53.5 Å². The minimum absolute atomic E-state index is 0.227. The summed E-state index contributed by atoms with van der Waals surface area (Å²) >= 11 is 0. The predicted molar refractivity (Wildman–Crippen MR) is 114 cm³/mol. The second-order valence-electron chi connectivity index (χ2n) is 7.83. The normalized spacial score (nSPS) is 20.5. The first kappa shape index (κ1) is 19.3. The third kappa shape index (κ3) is 5.25. The van der Waals surface area contributed by atoms with Gasteiger partial charge in [0.2, 0.25) is 0 Å². The molecule has 0 aromatic heterocycles. The van der Waals surface area contributed by atoms with Gasteiger partial charge in [-0.25, -0.2) is 4.99 Å². The molecule has 0 saturated heterocycles.